The number of benzene rings is 1. The molecule has 0 radical (unpaired) electrons. The van der Waals surface area contributed by atoms with Crippen molar-refractivity contribution < 1.29 is 19.1 Å². The molecular weight excluding hydrogens is 388 g/mol. The van der Waals surface area contributed by atoms with Crippen molar-refractivity contribution in [2.24, 2.45) is 10.9 Å². The van der Waals surface area contributed by atoms with Gasteiger partial charge < -0.3 is 9.47 Å². The Morgan fingerprint density at radius 1 is 1.24 bits per heavy atom. The first-order valence-electron chi connectivity index (χ1n) is 10.1. The van der Waals surface area contributed by atoms with Crippen LogP contribution in [0.2, 0.25) is 0 Å². The number of carbonyl (C=O) groups is 2. The molecule has 0 spiro atoms. The first kappa shape index (κ1) is 21.4. The van der Waals surface area contributed by atoms with Crippen molar-refractivity contribution in [1.82, 2.24) is 4.90 Å². The number of thioether (sulfide) groups is 1. The predicted octanol–water partition coefficient (Wildman–Crippen LogP) is 4.32. The van der Waals surface area contributed by atoms with Crippen LogP contribution < -0.4 is 4.74 Å². The van der Waals surface area contributed by atoms with Gasteiger partial charge in [0.15, 0.2) is 5.17 Å². The van der Waals surface area contributed by atoms with Crippen molar-refractivity contribution in [1.29, 1.82) is 0 Å². The van der Waals surface area contributed by atoms with Crippen LogP contribution in [0.3, 0.4) is 0 Å². The van der Waals surface area contributed by atoms with E-state index in [1.165, 1.54) is 11.8 Å². The number of amides is 1. The summed E-state index contributed by atoms with van der Waals surface area (Å²) in [7, 11) is 0. The number of allylic oxidation sites excluding steroid dienone is 1. The second-order valence-corrected chi connectivity index (χ2v) is 8.68. The SMILES string of the molecule is CCOc1ccc([C@@H]2C(C(=O)OCC(C)C)=C(C)N=C3S[C@H](CC)C(=O)N32)cc1. The van der Waals surface area contributed by atoms with E-state index >= 15 is 0 Å². The average molecular weight is 417 g/mol. The third-order valence-electron chi connectivity index (χ3n) is 4.80. The lowest BCUT2D eigenvalue weighted by atomic mass is 9.94. The number of fused-ring (bicyclic) bond motifs is 1. The number of hydrogen-bond donors (Lipinski definition) is 0. The lowest BCUT2D eigenvalue weighted by Gasteiger charge is -2.33. The van der Waals surface area contributed by atoms with E-state index in [0.717, 1.165) is 11.3 Å². The molecule has 0 saturated carbocycles. The number of ether oxygens (including phenoxy) is 2. The molecule has 1 saturated heterocycles. The maximum absolute atomic E-state index is 13.1. The van der Waals surface area contributed by atoms with Crippen molar-refractivity contribution in [3.63, 3.8) is 0 Å². The summed E-state index contributed by atoms with van der Waals surface area (Å²) in [6, 6.07) is 6.98. The molecule has 2 aliphatic rings. The highest BCUT2D eigenvalue weighted by atomic mass is 32.2. The molecule has 2 aliphatic heterocycles. The van der Waals surface area contributed by atoms with Gasteiger partial charge in [-0.2, -0.15) is 0 Å². The van der Waals surface area contributed by atoms with Gasteiger partial charge in [0.2, 0.25) is 5.91 Å². The van der Waals surface area contributed by atoms with Gasteiger partial charge in [-0.25, -0.2) is 9.79 Å². The van der Waals surface area contributed by atoms with E-state index in [2.05, 4.69) is 4.99 Å². The first-order valence-corrected chi connectivity index (χ1v) is 10.9. The second-order valence-electron chi connectivity index (χ2n) is 7.51. The molecule has 1 aromatic carbocycles. The molecule has 0 N–H and O–H groups in total. The minimum atomic E-state index is -0.547. The van der Waals surface area contributed by atoms with Crippen molar-refractivity contribution in [3.8, 4) is 5.75 Å². The standard InChI is InChI=1S/C22H28N2O4S/c1-6-17-20(25)24-19(15-8-10-16(11-9-15)27-7-2)18(14(5)23-22(24)29-17)21(26)28-12-13(3)4/h8-11,13,17,19H,6-7,12H2,1-5H3/t17-,19-/m1/s1. The Morgan fingerprint density at radius 2 is 1.93 bits per heavy atom. The number of aliphatic imine (C=N–C) groups is 1. The maximum Gasteiger partial charge on any atom is 0.338 e. The number of rotatable bonds is 7. The molecule has 1 amide bonds. The molecule has 2 heterocycles. The normalized spacial score (nSPS) is 21.4. The zero-order valence-electron chi connectivity index (χ0n) is 17.6. The number of nitrogens with zero attached hydrogens (tertiary/aromatic N) is 2. The van der Waals surface area contributed by atoms with E-state index < -0.39 is 12.0 Å². The minimum absolute atomic E-state index is 0.0169. The van der Waals surface area contributed by atoms with Crippen LogP contribution in [0.25, 0.3) is 0 Å². The van der Waals surface area contributed by atoms with Crippen LogP contribution in [-0.2, 0) is 14.3 Å². The number of esters is 1. The topological polar surface area (TPSA) is 68.2 Å². The summed E-state index contributed by atoms with van der Waals surface area (Å²) in [6.45, 7) is 10.6. The molecule has 0 unspecified atom stereocenters. The minimum Gasteiger partial charge on any atom is -0.494 e. The number of hydrogen-bond acceptors (Lipinski definition) is 6. The second kappa shape index (κ2) is 9.03. The van der Waals surface area contributed by atoms with Crippen LogP contribution in [0.1, 0.15) is 52.6 Å². The molecule has 29 heavy (non-hydrogen) atoms. The Balaban J connectivity index is 2.03. The molecule has 1 fully saturated rings. The highest BCUT2D eigenvalue weighted by molar-refractivity contribution is 8.15. The van der Waals surface area contributed by atoms with Crippen LogP contribution in [0.5, 0.6) is 5.75 Å². The largest absolute Gasteiger partial charge is 0.494 e. The zero-order valence-corrected chi connectivity index (χ0v) is 18.4. The summed E-state index contributed by atoms with van der Waals surface area (Å²) in [4.78, 5) is 32.3. The van der Waals surface area contributed by atoms with E-state index in [4.69, 9.17) is 9.47 Å². The molecule has 7 heteroatoms. The Labute approximate surface area is 176 Å². The Kier molecular flexibility index (Phi) is 6.67. The molecule has 0 aliphatic carbocycles. The molecule has 156 valence electrons. The van der Waals surface area contributed by atoms with Crippen molar-refractivity contribution in [2.45, 2.75) is 52.3 Å². The van der Waals surface area contributed by atoms with Gasteiger partial charge in [-0.3, -0.25) is 9.69 Å². The van der Waals surface area contributed by atoms with Crippen LogP contribution in [-0.4, -0.2) is 40.4 Å². The van der Waals surface area contributed by atoms with Gasteiger partial charge >= 0.3 is 5.97 Å². The average Bonchev–Trinajstić information content (AvgIpc) is 3.01. The molecule has 2 atom stereocenters. The molecule has 3 rings (SSSR count). The summed E-state index contributed by atoms with van der Waals surface area (Å²) in [5, 5.41) is 0.469. The van der Waals surface area contributed by atoms with Gasteiger partial charge in [0.25, 0.3) is 0 Å². The molecule has 0 aromatic heterocycles. The fourth-order valence-electron chi connectivity index (χ4n) is 3.40. The molecular formula is C22H28N2O4S. The van der Waals surface area contributed by atoms with E-state index in [0.29, 0.717) is 36.1 Å². The van der Waals surface area contributed by atoms with Gasteiger partial charge in [0, 0.05) is 0 Å². The lowest BCUT2D eigenvalue weighted by molar-refractivity contribution is -0.141. The maximum atomic E-state index is 13.1. The fraction of sp³-hybridized carbons (Fsp3) is 0.500. The highest BCUT2D eigenvalue weighted by Crippen LogP contribution is 2.44. The van der Waals surface area contributed by atoms with Crippen LogP contribution in [0.4, 0.5) is 0 Å². The molecule has 1 aromatic rings. The van der Waals surface area contributed by atoms with Crippen molar-refractivity contribution in [2.75, 3.05) is 13.2 Å². The smallest absolute Gasteiger partial charge is 0.338 e. The van der Waals surface area contributed by atoms with Crippen molar-refractivity contribution in [3.05, 3.63) is 41.1 Å². The third kappa shape index (κ3) is 4.34. The van der Waals surface area contributed by atoms with Crippen molar-refractivity contribution >= 4 is 28.8 Å². The number of carbonyl (C=O) groups excluding carboxylic acids is 2. The van der Waals surface area contributed by atoms with Crippen LogP contribution in [0, 0.1) is 5.92 Å². The Morgan fingerprint density at radius 3 is 2.52 bits per heavy atom. The van der Waals surface area contributed by atoms with Gasteiger partial charge in [0.1, 0.15) is 5.75 Å². The summed E-state index contributed by atoms with van der Waals surface area (Å²) in [6.07, 6.45) is 0.710. The first-order chi connectivity index (χ1) is 13.9. The van der Waals surface area contributed by atoms with Gasteiger partial charge in [-0.05, 0) is 43.9 Å². The Hall–Kier alpha value is -2.28. The van der Waals surface area contributed by atoms with Gasteiger partial charge in [-0.1, -0.05) is 44.7 Å². The highest BCUT2D eigenvalue weighted by Gasteiger charge is 2.47. The predicted molar refractivity (Wildman–Crippen MR) is 115 cm³/mol. The molecule has 6 nitrogen and oxygen atoms in total. The summed E-state index contributed by atoms with van der Waals surface area (Å²) in [5.74, 6) is 0.534. The number of amidine groups is 1. The zero-order chi connectivity index (χ0) is 21.1. The van der Waals surface area contributed by atoms with E-state index in [-0.39, 0.29) is 17.1 Å². The molecule has 0 bridgehead atoms. The third-order valence-corrected chi connectivity index (χ3v) is 6.11. The summed E-state index contributed by atoms with van der Waals surface area (Å²) >= 11 is 1.46. The fourth-order valence-corrected chi connectivity index (χ4v) is 4.53. The summed E-state index contributed by atoms with van der Waals surface area (Å²) < 4.78 is 11.1. The van der Waals surface area contributed by atoms with E-state index in [1.54, 1.807) is 4.90 Å². The van der Waals surface area contributed by atoms with E-state index in [1.807, 2.05) is 58.9 Å². The lowest BCUT2D eigenvalue weighted by Crippen LogP contribution is -2.40. The van der Waals surface area contributed by atoms with Crippen LogP contribution >= 0.6 is 11.8 Å². The van der Waals surface area contributed by atoms with Crippen LogP contribution in [0.15, 0.2) is 40.5 Å². The monoisotopic (exact) mass is 416 g/mol. The Bertz CT molecular complexity index is 845. The van der Waals surface area contributed by atoms with E-state index in [9.17, 15) is 9.59 Å². The summed E-state index contributed by atoms with van der Waals surface area (Å²) in [5.41, 5.74) is 1.85. The van der Waals surface area contributed by atoms with Gasteiger partial charge in [-0.15, -0.1) is 0 Å². The van der Waals surface area contributed by atoms with Gasteiger partial charge in [0.05, 0.1) is 35.8 Å². The quantitative estimate of drug-likeness (QED) is 0.619.